The molecule has 0 amide bonds. The minimum Gasteiger partial charge on any atom is -0.496 e. The van der Waals surface area contributed by atoms with E-state index in [1.165, 1.54) is 5.56 Å². The first kappa shape index (κ1) is 11.7. The molecule has 1 atom stereocenters. The average molecular weight is 241 g/mol. The lowest BCUT2D eigenvalue weighted by Crippen LogP contribution is -2.26. The molecule has 1 aromatic carbocycles. The predicted octanol–water partition coefficient (Wildman–Crippen LogP) is 1.88. The zero-order chi connectivity index (χ0) is 11.5. The first-order chi connectivity index (χ1) is 7.69. The van der Waals surface area contributed by atoms with Gasteiger partial charge in [-0.05, 0) is 18.6 Å². The maximum atomic E-state index is 5.92. The summed E-state index contributed by atoms with van der Waals surface area (Å²) in [7, 11) is 1.67. The minimum atomic E-state index is 0.318. The fourth-order valence-electron chi connectivity index (χ4n) is 2.10. The molecule has 0 bridgehead atoms. The highest BCUT2D eigenvalue weighted by molar-refractivity contribution is 6.30. The Bertz CT molecular complexity index is 370. The van der Waals surface area contributed by atoms with Gasteiger partial charge in [-0.1, -0.05) is 17.7 Å². The molecule has 0 aromatic heterocycles. The molecule has 0 spiro atoms. The van der Waals surface area contributed by atoms with Crippen LogP contribution in [0.2, 0.25) is 5.02 Å². The normalized spacial score (nSPS) is 21.3. The van der Waals surface area contributed by atoms with E-state index in [1.807, 2.05) is 18.2 Å². The van der Waals surface area contributed by atoms with Crippen molar-refractivity contribution in [3.05, 3.63) is 28.8 Å². The van der Waals surface area contributed by atoms with E-state index in [0.717, 1.165) is 31.8 Å². The summed E-state index contributed by atoms with van der Waals surface area (Å²) in [6, 6.07) is 6.09. The van der Waals surface area contributed by atoms with Gasteiger partial charge in [0.2, 0.25) is 0 Å². The number of ether oxygens (including phenoxy) is 1. The highest BCUT2D eigenvalue weighted by atomic mass is 35.5. The Morgan fingerprint density at radius 2 is 2.38 bits per heavy atom. The fourth-order valence-corrected chi connectivity index (χ4v) is 2.26. The predicted molar refractivity (Wildman–Crippen MR) is 65.9 cm³/mol. The summed E-state index contributed by atoms with van der Waals surface area (Å²) in [4.78, 5) is 2.34. The zero-order valence-electron chi connectivity index (χ0n) is 9.45. The number of benzene rings is 1. The molecule has 4 heteroatoms. The van der Waals surface area contributed by atoms with Gasteiger partial charge in [0.05, 0.1) is 7.11 Å². The first-order valence-corrected chi connectivity index (χ1v) is 5.87. The maximum Gasteiger partial charge on any atom is 0.124 e. The third kappa shape index (κ3) is 2.67. The SMILES string of the molecule is COc1cc(Cl)ccc1CN1CC[C@@H](N)C1. The summed E-state index contributed by atoms with van der Waals surface area (Å²) in [6.07, 6.45) is 1.08. The molecule has 16 heavy (non-hydrogen) atoms. The van der Waals surface area contributed by atoms with Gasteiger partial charge in [0.25, 0.3) is 0 Å². The molecule has 1 fully saturated rings. The van der Waals surface area contributed by atoms with Gasteiger partial charge in [-0.15, -0.1) is 0 Å². The van der Waals surface area contributed by atoms with E-state index in [1.54, 1.807) is 7.11 Å². The topological polar surface area (TPSA) is 38.5 Å². The molecule has 1 saturated heterocycles. The van der Waals surface area contributed by atoms with Crippen LogP contribution in [0.1, 0.15) is 12.0 Å². The van der Waals surface area contributed by atoms with Crippen LogP contribution in [0.15, 0.2) is 18.2 Å². The second-order valence-corrected chi connectivity index (χ2v) is 4.68. The van der Waals surface area contributed by atoms with Gasteiger partial charge < -0.3 is 10.5 Å². The fraction of sp³-hybridized carbons (Fsp3) is 0.500. The first-order valence-electron chi connectivity index (χ1n) is 5.49. The van der Waals surface area contributed by atoms with Crippen LogP contribution in [0.3, 0.4) is 0 Å². The van der Waals surface area contributed by atoms with Crippen molar-refractivity contribution < 1.29 is 4.74 Å². The van der Waals surface area contributed by atoms with Gasteiger partial charge in [-0.25, -0.2) is 0 Å². The second kappa shape index (κ2) is 5.04. The largest absolute Gasteiger partial charge is 0.496 e. The summed E-state index contributed by atoms with van der Waals surface area (Å²) in [6.45, 7) is 2.91. The lowest BCUT2D eigenvalue weighted by atomic mass is 10.2. The molecule has 3 nitrogen and oxygen atoms in total. The van der Waals surface area contributed by atoms with Crippen LogP contribution in [-0.2, 0) is 6.54 Å². The van der Waals surface area contributed by atoms with Crippen molar-refractivity contribution in [1.29, 1.82) is 0 Å². The van der Waals surface area contributed by atoms with E-state index in [-0.39, 0.29) is 0 Å². The van der Waals surface area contributed by atoms with Crippen LogP contribution >= 0.6 is 11.6 Å². The lowest BCUT2D eigenvalue weighted by molar-refractivity contribution is 0.317. The highest BCUT2D eigenvalue weighted by Crippen LogP contribution is 2.25. The number of hydrogen-bond acceptors (Lipinski definition) is 3. The molecule has 0 radical (unpaired) electrons. The van der Waals surface area contributed by atoms with Crippen molar-refractivity contribution >= 4 is 11.6 Å². The molecule has 0 unspecified atom stereocenters. The number of halogens is 1. The zero-order valence-corrected chi connectivity index (χ0v) is 10.2. The highest BCUT2D eigenvalue weighted by Gasteiger charge is 2.19. The molecular formula is C12H17ClN2O. The summed E-state index contributed by atoms with van der Waals surface area (Å²) in [5, 5.41) is 0.707. The lowest BCUT2D eigenvalue weighted by Gasteiger charge is -2.17. The monoisotopic (exact) mass is 240 g/mol. The number of hydrogen-bond donors (Lipinski definition) is 1. The van der Waals surface area contributed by atoms with Gasteiger partial charge in [-0.2, -0.15) is 0 Å². The van der Waals surface area contributed by atoms with E-state index in [4.69, 9.17) is 22.1 Å². The Balaban J connectivity index is 2.08. The molecule has 88 valence electrons. The molecular weight excluding hydrogens is 224 g/mol. The molecule has 1 aromatic rings. The number of nitrogens with two attached hydrogens (primary N) is 1. The Morgan fingerprint density at radius 1 is 1.56 bits per heavy atom. The number of rotatable bonds is 3. The van der Waals surface area contributed by atoms with Crippen molar-refractivity contribution in [2.45, 2.75) is 19.0 Å². The van der Waals surface area contributed by atoms with Crippen LogP contribution in [0.4, 0.5) is 0 Å². The van der Waals surface area contributed by atoms with Gasteiger partial charge in [0.1, 0.15) is 5.75 Å². The summed E-state index contributed by atoms with van der Waals surface area (Å²) < 4.78 is 5.32. The standard InChI is InChI=1S/C12H17ClN2O/c1-16-12-6-10(13)3-2-9(12)7-15-5-4-11(14)8-15/h2-3,6,11H,4-5,7-8,14H2,1H3/t11-/m1/s1. The van der Waals surface area contributed by atoms with Crippen LogP contribution in [0, 0.1) is 0 Å². The second-order valence-electron chi connectivity index (χ2n) is 4.24. The quantitative estimate of drug-likeness (QED) is 0.877. The van der Waals surface area contributed by atoms with Crippen molar-refractivity contribution in [2.75, 3.05) is 20.2 Å². The third-order valence-corrected chi connectivity index (χ3v) is 3.19. The van der Waals surface area contributed by atoms with E-state index in [2.05, 4.69) is 4.90 Å². The van der Waals surface area contributed by atoms with Crippen LogP contribution in [0.5, 0.6) is 5.75 Å². The van der Waals surface area contributed by atoms with Crippen molar-refractivity contribution in [1.82, 2.24) is 4.90 Å². The number of likely N-dealkylation sites (tertiary alicyclic amines) is 1. The van der Waals surface area contributed by atoms with Crippen molar-refractivity contribution in [2.24, 2.45) is 5.73 Å². The molecule has 0 aliphatic carbocycles. The Labute approximate surface area is 101 Å². The van der Waals surface area contributed by atoms with E-state index < -0.39 is 0 Å². The molecule has 0 saturated carbocycles. The summed E-state index contributed by atoms with van der Waals surface area (Å²) in [5.41, 5.74) is 7.05. The molecule has 2 rings (SSSR count). The van der Waals surface area contributed by atoms with Gasteiger partial charge in [0, 0.05) is 36.3 Å². The number of methoxy groups -OCH3 is 1. The Morgan fingerprint density at radius 3 is 3.00 bits per heavy atom. The van der Waals surface area contributed by atoms with Crippen molar-refractivity contribution in [3.8, 4) is 5.75 Å². The Kier molecular flexibility index (Phi) is 3.69. The molecule has 1 aliphatic rings. The van der Waals surface area contributed by atoms with Gasteiger partial charge >= 0.3 is 0 Å². The van der Waals surface area contributed by atoms with Crippen molar-refractivity contribution in [3.63, 3.8) is 0 Å². The van der Waals surface area contributed by atoms with Crippen LogP contribution in [0.25, 0.3) is 0 Å². The van der Waals surface area contributed by atoms with Gasteiger partial charge in [0.15, 0.2) is 0 Å². The number of nitrogens with zero attached hydrogens (tertiary/aromatic N) is 1. The van der Waals surface area contributed by atoms with E-state index >= 15 is 0 Å². The Hall–Kier alpha value is -0.770. The summed E-state index contributed by atoms with van der Waals surface area (Å²) >= 11 is 5.92. The minimum absolute atomic E-state index is 0.318. The van der Waals surface area contributed by atoms with Gasteiger partial charge in [-0.3, -0.25) is 4.90 Å². The maximum absolute atomic E-state index is 5.92. The third-order valence-electron chi connectivity index (χ3n) is 2.95. The van der Waals surface area contributed by atoms with E-state index in [0.29, 0.717) is 11.1 Å². The average Bonchev–Trinajstić information content (AvgIpc) is 2.67. The van der Waals surface area contributed by atoms with E-state index in [9.17, 15) is 0 Å². The molecule has 2 N–H and O–H groups in total. The molecule has 1 aliphatic heterocycles. The smallest absolute Gasteiger partial charge is 0.124 e. The van der Waals surface area contributed by atoms with Crippen LogP contribution in [-0.4, -0.2) is 31.1 Å². The molecule has 1 heterocycles. The van der Waals surface area contributed by atoms with Crippen LogP contribution < -0.4 is 10.5 Å². The summed E-state index contributed by atoms with van der Waals surface area (Å²) in [5.74, 6) is 0.855.